The Bertz CT molecular complexity index is 585. The van der Waals surface area contributed by atoms with Crippen LogP contribution in [0.5, 0.6) is 0 Å². The molecule has 3 heteroatoms. The van der Waals surface area contributed by atoms with Gasteiger partial charge < -0.3 is 0 Å². The summed E-state index contributed by atoms with van der Waals surface area (Å²) < 4.78 is 12.4. The maximum Gasteiger partial charge on any atom is 0.0595 e. The van der Waals surface area contributed by atoms with Crippen LogP contribution in [0.2, 0.25) is 0 Å². The Labute approximate surface area is 128 Å². The lowest BCUT2D eigenvalue weighted by Gasteiger charge is -2.19. The fourth-order valence-electron chi connectivity index (χ4n) is 1.79. The molecule has 0 spiro atoms. The van der Waals surface area contributed by atoms with E-state index >= 15 is 0 Å². The molecular weight excluding hydrogens is 284 g/mol. The smallest absolute Gasteiger partial charge is 0.0595 e. The zero-order valence-electron chi connectivity index (χ0n) is 12.1. The zero-order chi connectivity index (χ0) is 14.6. The first kappa shape index (κ1) is 15.3. The van der Waals surface area contributed by atoms with Gasteiger partial charge in [-0.3, -0.25) is 4.21 Å². The molecule has 1 nitrogen and oxygen atoms in total. The van der Waals surface area contributed by atoms with Gasteiger partial charge in [0.1, 0.15) is 0 Å². The van der Waals surface area contributed by atoms with E-state index in [1.165, 1.54) is 5.56 Å². The van der Waals surface area contributed by atoms with E-state index in [1.54, 1.807) is 11.8 Å². The van der Waals surface area contributed by atoms with Gasteiger partial charge in [-0.25, -0.2) is 0 Å². The number of rotatable bonds is 4. The zero-order valence-corrected chi connectivity index (χ0v) is 13.8. The van der Waals surface area contributed by atoms with Crippen LogP contribution < -0.4 is 0 Å². The van der Waals surface area contributed by atoms with E-state index in [1.807, 2.05) is 45.0 Å². The van der Waals surface area contributed by atoms with Gasteiger partial charge in [0.2, 0.25) is 0 Å². The molecule has 2 aromatic carbocycles. The van der Waals surface area contributed by atoms with Crippen LogP contribution in [0.3, 0.4) is 0 Å². The van der Waals surface area contributed by atoms with E-state index in [9.17, 15) is 4.21 Å². The number of benzene rings is 2. The molecule has 1 atom stereocenters. The fourth-order valence-corrected chi connectivity index (χ4v) is 4.20. The van der Waals surface area contributed by atoms with Crippen molar-refractivity contribution in [2.24, 2.45) is 0 Å². The topological polar surface area (TPSA) is 17.1 Å². The first-order valence-electron chi connectivity index (χ1n) is 6.66. The summed E-state index contributed by atoms with van der Waals surface area (Å²) in [6.07, 6.45) is 0. The minimum Gasteiger partial charge on any atom is -0.254 e. The summed E-state index contributed by atoms with van der Waals surface area (Å²) in [6, 6.07) is 18.4. The van der Waals surface area contributed by atoms with E-state index < -0.39 is 10.8 Å². The second kappa shape index (κ2) is 6.59. The van der Waals surface area contributed by atoms with E-state index in [0.29, 0.717) is 0 Å². The van der Waals surface area contributed by atoms with Crippen molar-refractivity contribution in [3.8, 4) is 0 Å². The van der Waals surface area contributed by atoms with Gasteiger partial charge >= 0.3 is 0 Å². The summed E-state index contributed by atoms with van der Waals surface area (Å²) in [7, 11) is -0.991. The SMILES string of the molecule is CC(C)(C)S(=O)c1ccccc1SCc1ccccc1. The first-order valence-corrected chi connectivity index (χ1v) is 8.79. The predicted molar refractivity (Wildman–Crippen MR) is 88.6 cm³/mol. The quantitative estimate of drug-likeness (QED) is 0.748. The molecule has 0 radical (unpaired) electrons. The monoisotopic (exact) mass is 304 g/mol. The van der Waals surface area contributed by atoms with Gasteiger partial charge in [-0.05, 0) is 38.5 Å². The Balaban J connectivity index is 2.19. The highest BCUT2D eigenvalue weighted by Gasteiger charge is 2.23. The second-order valence-electron chi connectivity index (χ2n) is 5.60. The lowest BCUT2D eigenvalue weighted by atomic mass is 10.2. The Morgan fingerprint density at radius 2 is 1.55 bits per heavy atom. The van der Waals surface area contributed by atoms with Crippen molar-refractivity contribution in [1.82, 2.24) is 0 Å². The lowest BCUT2D eigenvalue weighted by Crippen LogP contribution is -2.22. The third kappa shape index (κ3) is 3.97. The van der Waals surface area contributed by atoms with Gasteiger partial charge in [0.25, 0.3) is 0 Å². The molecule has 0 fully saturated rings. The summed E-state index contributed by atoms with van der Waals surface area (Å²) in [5.41, 5.74) is 1.29. The van der Waals surface area contributed by atoms with Crippen LogP contribution in [-0.2, 0) is 16.6 Å². The molecule has 20 heavy (non-hydrogen) atoms. The van der Waals surface area contributed by atoms with Gasteiger partial charge in [0.15, 0.2) is 0 Å². The van der Waals surface area contributed by atoms with Crippen molar-refractivity contribution in [3.63, 3.8) is 0 Å². The third-order valence-corrected chi connectivity index (χ3v) is 5.98. The number of thioether (sulfide) groups is 1. The fraction of sp³-hybridized carbons (Fsp3) is 0.294. The summed E-state index contributed by atoms with van der Waals surface area (Å²) in [5.74, 6) is 0.902. The van der Waals surface area contributed by atoms with Crippen LogP contribution in [0.1, 0.15) is 26.3 Å². The Morgan fingerprint density at radius 1 is 0.950 bits per heavy atom. The molecule has 0 saturated carbocycles. The maximum absolute atomic E-state index is 12.6. The van der Waals surface area contributed by atoms with Crippen molar-refractivity contribution in [2.45, 2.75) is 41.1 Å². The van der Waals surface area contributed by atoms with Gasteiger partial charge in [0.05, 0.1) is 15.7 Å². The molecule has 0 aliphatic rings. The molecule has 0 amide bonds. The van der Waals surface area contributed by atoms with Gasteiger partial charge in [0, 0.05) is 15.4 Å². The van der Waals surface area contributed by atoms with Crippen molar-refractivity contribution in [2.75, 3.05) is 0 Å². The minimum atomic E-state index is -0.991. The van der Waals surface area contributed by atoms with Crippen LogP contribution in [0.25, 0.3) is 0 Å². The molecule has 0 aliphatic heterocycles. The average Bonchev–Trinajstić information content (AvgIpc) is 2.45. The Morgan fingerprint density at radius 3 is 2.20 bits per heavy atom. The highest BCUT2D eigenvalue weighted by atomic mass is 32.2. The van der Waals surface area contributed by atoms with Crippen molar-refractivity contribution >= 4 is 22.6 Å². The van der Waals surface area contributed by atoms with Crippen LogP contribution in [0.4, 0.5) is 0 Å². The van der Waals surface area contributed by atoms with Gasteiger partial charge in [-0.15, -0.1) is 11.8 Å². The first-order chi connectivity index (χ1) is 9.48. The number of hydrogen-bond donors (Lipinski definition) is 0. The van der Waals surface area contributed by atoms with Crippen molar-refractivity contribution in [1.29, 1.82) is 0 Å². The van der Waals surface area contributed by atoms with Crippen LogP contribution in [0, 0.1) is 0 Å². The molecule has 2 rings (SSSR count). The second-order valence-corrected chi connectivity index (χ2v) is 8.82. The number of hydrogen-bond acceptors (Lipinski definition) is 2. The summed E-state index contributed by atoms with van der Waals surface area (Å²) in [5, 5.41) is 0. The molecule has 106 valence electrons. The molecule has 0 aliphatic carbocycles. The molecule has 0 N–H and O–H groups in total. The molecule has 2 aromatic rings. The molecule has 1 unspecified atom stereocenters. The maximum atomic E-state index is 12.6. The Kier molecular flexibility index (Phi) is 5.06. The van der Waals surface area contributed by atoms with Crippen LogP contribution >= 0.6 is 11.8 Å². The summed E-state index contributed by atoms with van der Waals surface area (Å²) in [4.78, 5) is 2.06. The van der Waals surface area contributed by atoms with E-state index in [0.717, 1.165) is 15.5 Å². The average molecular weight is 304 g/mol. The largest absolute Gasteiger partial charge is 0.254 e. The molecule has 0 saturated heterocycles. The lowest BCUT2D eigenvalue weighted by molar-refractivity contribution is 0.647. The van der Waals surface area contributed by atoms with Crippen molar-refractivity contribution in [3.05, 3.63) is 60.2 Å². The van der Waals surface area contributed by atoms with E-state index in [-0.39, 0.29) is 4.75 Å². The molecular formula is C17H20OS2. The highest BCUT2D eigenvalue weighted by molar-refractivity contribution is 7.99. The van der Waals surface area contributed by atoms with E-state index in [2.05, 4.69) is 30.3 Å². The normalized spacial score (nSPS) is 13.2. The Hall–Kier alpha value is -1.06. The molecule has 0 aromatic heterocycles. The van der Waals surface area contributed by atoms with Crippen LogP contribution in [0.15, 0.2) is 64.4 Å². The van der Waals surface area contributed by atoms with Gasteiger partial charge in [-0.1, -0.05) is 42.5 Å². The highest BCUT2D eigenvalue weighted by Crippen LogP contribution is 2.31. The standard InChI is InChI=1S/C17H20OS2/c1-17(2,3)20(18)16-12-8-7-11-15(16)19-13-14-9-5-4-6-10-14/h4-12H,13H2,1-3H3. The minimum absolute atomic E-state index is 0.233. The van der Waals surface area contributed by atoms with Gasteiger partial charge in [-0.2, -0.15) is 0 Å². The summed E-state index contributed by atoms with van der Waals surface area (Å²) >= 11 is 1.75. The van der Waals surface area contributed by atoms with Crippen molar-refractivity contribution < 1.29 is 4.21 Å². The third-order valence-electron chi connectivity index (χ3n) is 2.84. The van der Waals surface area contributed by atoms with Crippen LogP contribution in [-0.4, -0.2) is 8.96 Å². The molecule has 0 bridgehead atoms. The van der Waals surface area contributed by atoms with E-state index in [4.69, 9.17) is 0 Å². The summed E-state index contributed by atoms with van der Waals surface area (Å²) in [6.45, 7) is 6.05. The molecule has 0 heterocycles. The predicted octanol–water partition coefficient (Wildman–Crippen LogP) is 4.89.